The molecular formula is C15H20N2O4. The Morgan fingerprint density at radius 1 is 1.33 bits per heavy atom. The van der Waals surface area contributed by atoms with Crippen molar-refractivity contribution in [2.24, 2.45) is 0 Å². The van der Waals surface area contributed by atoms with Crippen LogP contribution in [0.25, 0.3) is 0 Å². The van der Waals surface area contributed by atoms with Crippen LogP contribution in [0.3, 0.4) is 0 Å². The quantitative estimate of drug-likeness (QED) is 0.734. The summed E-state index contributed by atoms with van der Waals surface area (Å²) in [5, 5.41) is 13.9. The zero-order valence-electron chi connectivity index (χ0n) is 11.7. The maximum Gasteiger partial charge on any atom is 0.405 e. The topological polar surface area (TPSA) is 87.7 Å². The van der Waals surface area contributed by atoms with Crippen molar-refractivity contribution in [3.63, 3.8) is 0 Å². The molecular weight excluding hydrogens is 272 g/mol. The number of benzene rings is 1. The van der Waals surface area contributed by atoms with Crippen LogP contribution in [0.5, 0.6) is 0 Å². The summed E-state index contributed by atoms with van der Waals surface area (Å²) in [6.45, 7) is 1.15. The molecule has 0 aliphatic carbocycles. The number of rotatable bonds is 6. The molecule has 6 heteroatoms. The Kier molecular flexibility index (Phi) is 5.57. The van der Waals surface area contributed by atoms with Crippen molar-refractivity contribution in [2.75, 3.05) is 13.2 Å². The van der Waals surface area contributed by atoms with Crippen LogP contribution in [-0.2, 0) is 16.0 Å². The predicted octanol–water partition coefficient (Wildman–Crippen LogP) is 1.16. The summed E-state index contributed by atoms with van der Waals surface area (Å²) in [4.78, 5) is 23.0. The predicted molar refractivity (Wildman–Crippen MR) is 77.1 cm³/mol. The first kappa shape index (κ1) is 15.3. The van der Waals surface area contributed by atoms with Gasteiger partial charge in [-0.05, 0) is 18.4 Å². The Labute approximate surface area is 123 Å². The molecule has 0 unspecified atom stereocenters. The van der Waals surface area contributed by atoms with E-state index in [1.54, 1.807) is 0 Å². The molecule has 2 rings (SSSR count). The minimum absolute atomic E-state index is 0.0381. The largest absolute Gasteiger partial charge is 0.465 e. The van der Waals surface area contributed by atoms with E-state index in [0.29, 0.717) is 13.0 Å². The molecule has 1 saturated heterocycles. The van der Waals surface area contributed by atoms with Gasteiger partial charge in [-0.25, -0.2) is 4.79 Å². The molecule has 2 atom stereocenters. The Hall–Kier alpha value is -2.08. The smallest absolute Gasteiger partial charge is 0.405 e. The molecule has 0 radical (unpaired) electrons. The fourth-order valence-corrected chi connectivity index (χ4v) is 2.35. The Morgan fingerprint density at radius 3 is 2.71 bits per heavy atom. The normalized spacial score (nSPS) is 19.0. The highest BCUT2D eigenvalue weighted by molar-refractivity contribution is 5.85. The van der Waals surface area contributed by atoms with Crippen molar-refractivity contribution in [1.82, 2.24) is 10.6 Å². The summed E-state index contributed by atoms with van der Waals surface area (Å²) in [5.74, 6) is -0.322. The van der Waals surface area contributed by atoms with Crippen molar-refractivity contribution in [3.05, 3.63) is 35.9 Å². The second kappa shape index (κ2) is 7.64. The molecule has 114 valence electrons. The van der Waals surface area contributed by atoms with Crippen molar-refractivity contribution < 1.29 is 19.4 Å². The van der Waals surface area contributed by atoms with Crippen molar-refractivity contribution in [3.8, 4) is 0 Å². The van der Waals surface area contributed by atoms with Crippen molar-refractivity contribution in [2.45, 2.75) is 31.4 Å². The highest BCUT2D eigenvalue weighted by atomic mass is 16.5. The van der Waals surface area contributed by atoms with Gasteiger partial charge in [0.25, 0.3) is 0 Å². The van der Waals surface area contributed by atoms with E-state index in [4.69, 9.17) is 9.84 Å². The summed E-state index contributed by atoms with van der Waals surface area (Å²) in [6, 6.07) is 8.52. The van der Waals surface area contributed by atoms with E-state index < -0.39 is 12.1 Å². The van der Waals surface area contributed by atoms with Gasteiger partial charge in [0.05, 0.1) is 6.10 Å². The molecule has 1 aromatic rings. The summed E-state index contributed by atoms with van der Waals surface area (Å²) in [6.07, 6.45) is 1.08. The Morgan fingerprint density at radius 2 is 2.10 bits per heavy atom. The van der Waals surface area contributed by atoms with Crippen molar-refractivity contribution >= 4 is 12.0 Å². The maximum atomic E-state index is 12.1. The molecule has 0 spiro atoms. The van der Waals surface area contributed by atoms with Crippen LogP contribution in [0.15, 0.2) is 30.3 Å². The van der Waals surface area contributed by atoms with Crippen LogP contribution >= 0.6 is 0 Å². The first-order chi connectivity index (χ1) is 10.1. The lowest BCUT2D eigenvalue weighted by Crippen LogP contribution is -2.49. The van der Waals surface area contributed by atoms with Crippen molar-refractivity contribution in [1.29, 1.82) is 0 Å². The van der Waals surface area contributed by atoms with Gasteiger partial charge in [0, 0.05) is 19.6 Å². The van der Waals surface area contributed by atoms with Gasteiger partial charge in [0.15, 0.2) is 0 Å². The molecule has 1 aliphatic heterocycles. The van der Waals surface area contributed by atoms with Gasteiger partial charge in [0.2, 0.25) is 5.91 Å². The van der Waals surface area contributed by atoms with Gasteiger partial charge in [-0.15, -0.1) is 0 Å². The zero-order valence-corrected chi connectivity index (χ0v) is 11.7. The molecule has 0 aromatic heterocycles. The van der Waals surface area contributed by atoms with Crippen LogP contribution < -0.4 is 10.6 Å². The van der Waals surface area contributed by atoms with Crippen LogP contribution in [-0.4, -0.2) is 42.4 Å². The van der Waals surface area contributed by atoms with Gasteiger partial charge in [-0.1, -0.05) is 30.3 Å². The zero-order chi connectivity index (χ0) is 15.1. The average molecular weight is 292 g/mol. The lowest BCUT2D eigenvalue weighted by atomic mass is 10.1. The lowest BCUT2D eigenvalue weighted by molar-refractivity contribution is -0.123. The fraction of sp³-hybridized carbons (Fsp3) is 0.467. The molecule has 1 aromatic carbocycles. The second-order valence-corrected chi connectivity index (χ2v) is 5.07. The molecule has 1 heterocycles. The van der Waals surface area contributed by atoms with E-state index in [0.717, 1.165) is 25.0 Å². The van der Waals surface area contributed by atoms with Gasteiger partial charge >= 0.3 is 6.09 Å². The Bertz CT molecular complexity index is 472. The molecule has 6 nitrogen and oxygen atoms in total. The molecule has 1 aliphatic rings. The molecule has 2 amide bonds. The summed E-state index contributed by atoms with van der Waals surface area (Å²) in [5.41, 5.74) is 0.906. The third-order valence-corrected chi connectivity index (χ3v) is 3.42. The summed E-state index contributed by atoms with van der Waals surface area (Å²) in [7, 11) is 0. The van der Waals surface area contributed by atoms with Gasteiger partial charge < -0.3 is 20.5 Å². The number of carbonyl (C=O) groups excluding carboxylic acids is 1. The molecule has 0 bridgehead atoms. The first-order valence-electron chi connectivity index (χ1n) is 7.08. The van der Waals surface area contributed by atoms with Crippen LogP contribution in [0.1, 0.15) is 18.4 Å². The molecule has 3 N–H and O–H groups in total. The average Bonchev–Trinajstić information content (AvgIpc) is 2.98. The fourth-order valence-electron chi connectivity index (χ4n) is 2.35. The highest BCUT2D eigenvalue weighted by Crippen LogP contribution is 2.11. The number of hydrogen-bond donors (Lipinski definition) is 3. The molecule has 1 fully saturated rings. The second-order valence-electron chi connectivity index (χ2n) is 5.07. The van der Waals surface area contributed by atoms with Crippen LogP contribution in [0, 0.1) is 0 Å². The maximum absolute atomic E-state index is 12.1. The first-order valence-corrected chi connectivity index (χ1v) is 7.08. The number of nitrogens with one attached hydrogen (secondary N) is 2. The van der Waals surface area contributed by atoms with E-state index in [1.165, 1.54) is 0 Å². The standard InChI is InChI=1S/C15H20N2O4/c18-14(16-10-12-7-4-8-21-12)13(17-15(19)20)9-11-5-2-1-3-6-11/h1-3,5-6,12-13,17H,4,7-10H2,(H,16,18)(H,19,20)/t12-,13-/m0/s1. The van der Waals surface area contributed by atoms with Crippen LogP contribution in [0.4, 0.5) is 4.79 Å². The lowest BCUT2D eigenvalue weighted by Gasteiger charge is -2.18. The van der Waals surface area contributed by atoms with E-state index in [9.17, 15) is 9.59 Å². The summed E-state index contributed by atoms with van der Waals surface area (Å²) < 4.78 is 5.43. The molecule has 0 saturated carbocycles. The van der Waals surface area contributed by atoms with Gasteiger partial charge in [0.1, 0.15) is 6.04 Å². The van der Waals surface area contributed by atoms with E-state index >= 15 is 0 Å². The van der Waals surface area contributed by atoms with Gasteiger partial charge in [-0.2, -0.15) is 0 Å². The third kappa shape index (κ3) is 5.07. The molecule has 21 heavy (non-hydrogen) atoms. The number of hydrogen-bond acceptors (Lipinski definition) is 3. The summed E-state index contributed by atoms with van der Waals surface area (Å²) >= 11 is 0. The minimum Gasteiger partial charge on any atom is -0.465 e. The van der Waals surface area contributed by atoms with Crippen LogP contribution in [0.2, 0.25) is 0 Å². The number of carboxylic acid groups (broad SMARTS) is 1. The number of amides is 2. The van der Waals surface area contributed by atoms with Gasteiger partial charge in [-0.3, -0.25) is 4.79 Å². The highest BCUT2D eigenvalue weighted by Gasteiger charge is 2.23. The number of ether oxygens (including phenoxy) is 1. The van der Waals surface area contributed by atoms with E-state index in [1.807, 2.05) is 30.3 Å². The minimum atomic E-state index is -1.21. The monoisotopic (exact) mass is 292 g/mol. The van der Waals surface area contributed by atoms with E-state index in [-0.39, 0.29) is 12.0 Å². The number of carbonyl (C=O) groups is 2. The Balaban J connectivity index is 1.90. The van der Waals surface area contributed by atoms with E-state index in [2.05, 4.69) is 10.6 Å². The SMILES string of the molecule is O=C(O)N[C@@H](Cc1ccccc1)C(=O)NC[C@@H]1CCCO1. The third-order valence-electron chi connectivity index (χ3n) is 3.42.